The summed E-state index contributed by atoms with van der Waals surface area (Å²) in [6, 6.07) is 7.00. The minimum Gasteiger partial charge on any atom is -0.497 e. The van der Waals surface area contributed by atoms with Crippen LogP contribution in [0.25, 0.3) is 0 Å². The first-order valence-corrected chi connectivity index (χ1v) is 8.81. The summed E-state index contributed by atoms with van der Waals surface area (Å²) < 4.78 is 15.5. The predicted octanol–water partition coefficient (Wildman–Crippen LogP) is 1.45. The van der Waals surface area contributed by atoms with Crippen LogP contribution in [0.1, 0.15) is 29.0 Å². The first-order chi connectivity index (χ1) is 14.0. The number of nitrogens with zero attached hydrogens (tertiary/aromatic N) is 1. The third-order valence-corrected chi connectivity index (χ3v) is 4.17. The first kappa shape index (κ1) is 19.9. The van der Waals surface area contributed by atoms with E-state index >= 15 is 0 Å². The number of H-pyrrole nitrogens is 1. The maximum absolute atomic E-state index is 12.6. The van der Waals surface area contributed by atoms with Crippen LogP contribution in [0.15, 0.2) is 47.8 Å². The Morgan fingerprint density at radius 1 is 1.10 bits per heavy atom. The van der Waals surface area contributed by atoms with E-state index in [0.717, 1.165) is 0 Å². The smallest absolute Gasteiger partial charge is 0.356 e. The predicted molar refractivity (Wildman–Crippen MR) is 99.9 cm³/mol. The van der Waals surface area contributed by atoms with Gasteiger partial charge in [-0.25, -0.2) is 14.4 Å². The fraction of sp³-hybridized carbons (Fsp3) is 0.263. The van der Waals surface area contributed by atoms with Crippen molar-refractivity contribution in [1.82, 2.24) is 20.8 Å². The molecule has 152 valence electrons. The number of benzene rings is 1. The van der Waals surface area contributed by atoms with Gasteiger partial charge in [-0.2, -0.15) is 5.10 Å². The lowest BCUT2D eigenvalue weighted by Crippen LogP contribution is -2.47. The van der Waals surface area contributed by atoms with E-state index in [4.69, 9.17) is 14.2 Å². The van der Waals surface area contributed by atoms with Crippen molar-refractivity contribution in [2.75, 3.05) is 20.3 Å². The molecule has 1 aliphatic rings. The average molecular weight is 400 g/mol. The Morgan fingerprint density at radius 3 is 2.48 bits per heavy atom. The summed E-state index contributed by atoms with van der Waals surface area (Å²) in [5.41, 5.74) is 1.08. The number of carbonyl (C=O) groups excluding carboxylic acids is 3. The molecule has 1 aliphatic heterocycles. The van der Waals surface area contributed by atoms with Gasteiger partial charge in [-0.05, 0) is 30.7 Å². The highest BCUT2D eigenvalue weighted by atomic mass is 16.5. The number of esters is 2. The SMILES string of the molecule is CCOC(=O)C1=C(COC(=O)c2ccn[nH]2)NC(=O)NC1c1ccc(OC)cc1. The van der Waals surface area contributed by atoms with Crippen molar-refractivity contribution in [2.24, 2.45) is 0 Å². The van der Waals surface area contributed by atoms with Crippen LogP contribution in [0.5, 0.6) is 5.75 Å². The number of rotatable bonds is 7. The van der Waals surface area contributed by atoms with Gasteiger partial charge < -0.3 is 24.8 Å². The van der Waals surface area contributed by atoms with E-state index in [-0.39, 0.29) is 30.2 Å². The summed E-state index contributed by atoms with van der Waals surface area (Å²) in [5.74, 6) is -0.676. The van der Waals surface area contributed by atoms with Crippen molar-refractivity contribution in [2.45, 2.75) is 13.0 Å². The summed E-state index contributed by atoms with van der Waals surface area (Å²) in [5, 5.41) is 11.4. The van der Waals surface area contributed by atoms with E-state index in [1.165, 1.54) is 19.4 Å². The number of ether oxygens (including phenoxy) is 3. The molecule has 3 N–H and O–H groups in total. The zero-order valence-corrected chi connectivity index (χ0v) is 15.9. The largest absolute Gasteiger partial charge is 0.497 e. The summed E-state index contributed by atoms with van der Waals surface area (Å²) in [6.45, 7) is 1.49. The molecule has 1 unspecified atom stereocenters. The third kappa shape index (κ3) is 4.54. The minimum absolute atomic E-state index is 0.140. The molecule has 2 aromatic rings. The molecular weight excluding hydrogens is 380 g/mol. The highest BCUT2D eigenvalue weighted by Gasteiger charge is 2.34. The molecular formula is C19H20N4O6. The van der Waals surface area contributed by atoms with Gasteiger partial charge in [0.1, 0.15) is 18.1 Å². The molecule has 0 bridgehead atoms. The second-order valence-electron chi connectivity index (χ2n) is 5.96. The molecule has 0 aliphatic carbocycles. The lowest BCUT2D eigenvalue weighted by molar-refractivity contribution is -0.139. The maximum Gasteiger partial charge on any atom is 0.356 e. The van der Waals surface area contributed by atoms with Crippen molar-refractivity contribution in [3.63, 3.8) is 0 Å². The monoisotopic (exact) mass is 400 g/mol. The molecule has 0 radical (unpaired) electrons. The second-order valence-corrected chi connectivity index (χ2v) is 5.96. The highest BCUT2D eigenvalue weighted by Crippen LogP contribution is 2.29. The molecule has 2 amide bonds. The van der Waals surface area contributed by atoms with Crippen LogP contribution >= 0.6 is 0 Å². The number of aromatic amines is 1. The quantitative estimate of drug-likeness (QED) is 0.599. The van der Waals surface area contributed by atoms with Crippen LogP contribution in [0, 0.1) is 0 Å². The van der Waals surface area contributed by atoms with Gasteiger partial charge in [0.25, 0.3) is 0 Å². The molecule has 0 saturated carbocycles. The van der Waals surface area contributed by atoms with E-state index in [1.807, 2.05) is 0 Å². The van der Waals surface area contributed by atoms with Crippen LogP contribution in [0.4, 0.5) is 4.79 Å². The number of methoxy groups -OCH3 is 1. The molecule has 0 fully saturated rings. The van der Waals surface area contributed by atoms with E-state index in [9.17, 15) is 14.4 Å². The van der Waals surface area contributed by atoms with Crippen LogP contribution in [-0.4, -0.2) is 48.5 Å². The Labute approximate surface area is 166 Å². The molecule has 10 nitrogen and oxygen atoms in total. The Morgan fingerprint density at radius 2 is 1.86 bits per heavy atom. The zero-order valence-electron chi connectivity index (χ0n) is 15.9. The van der Waals surface area contributed by atoms with E-state index in [2.05, 4.69) is 20.8 Å². The Bertz CT molecular complexity index is 921. The van der Waals surface area contributed by atoms with Crippen LogP contribution < -0.4 is 15.4 Å². The summed E-state index contributed by atoms with van der Waals surface area (Å²) >= 11 is 0. The van der Waals surface area contributed by atoms with Crippen molar-refractivity contribution < 1.29 is 28.6 Å². The van der Waals surface area contributed by atoms with E-state index < -0.39 is 24.0 Å². The number of carbonyl (C=O) groups is 3. The standard InChI is InChI=1S/C19H20N4O6/c1-3-28-18(25)15-14(10-29-17(24)13-8-9-20-23-13)21-19(26)22-16(15)11-4-6-12(27-2)7-5-11/h4-9,16H,3,10H2,1-2H3,(H,20,23)(H2,21,22,26). The van der Waals surface area contributed by atoms with Crippen molar-refractivity contribution in [3.8, 4) is 5.75 Å². The number of aromatic nitrogens is 2. The van der Waals surface area contributed by atoms with E-state index in [0.29, 0.717) is 11.3 Å². The van der Waals surface area contributed by atoms with Crippen molar-refractivity contribution in [1.29, 1.82) is 0 Å². The second kappa shape index (κ2) is 8.91. The number of nitrogens with one attached hydrogen (secondary N) is 3. The average Bonchev–Trinajstić information content (AvgIpc) is 3.26. The van der Waals surface area contributed by atoms with Gasteiger partial charge in [-0.3, -0.25) is 5.10 Å². The highest BCUT2D eigenvalue weighted by molar-refractivity contribution is 5.95. The molecule has 3 rings (SSSR count). The van der Waals surface area contributed by atoms with Gasteiger partial charge in [0.2, 0.25) is 0 Å². The van der Waals surface area contributed by atoms with Gasteiger partial charge in [0.05, 0.1) is 31.0 Å². The molecule has 1 atom stereocenters. The summed E-state index contributed by atoms with van der Waals surface area (Å²) in [6.07, 6.45) is 1.41. The van der Waals surface area contributed by atoms with Gasteiger partial charge in [-0.15, -0.1) is 0 Å². The Hall–Kier alpha value is -3.82. The van der Waals surface area contributed by atoms with Gasteiger partial charge in [0, 0.05) is 6.20 Å². The number of urea groups is 1. The van der Waals surface area contributed by atoms with Crippen molar-refractivity contribution in [3.05, 3.63) is 59.1 Å². The summed E-state index contributed by atoms with van der Waals surface area (Å²) in [4.78, 5) is 36.9. The zero-order chi connectivity index (χ0) is 20.8. The molecule has 0 saturated heterocycles. The number of hydrogen-bond donors (Lipinski definition) is 3. The fourth-order valence-electron chi connectivity index (χ4n) is 2.81. The van der Waals surface area contributed by atoms with Crippen LogP contribution in [0.3, 0.4) is 0 Å². The van der Waals surface area contributed by atoms with E-state index in [1.54, 1.807) is 31.2 Å². The lowest BCUT2D eigenvalue weighted by Gasteiger charge is -2.29. The summed E-state index contributed by atoms with van der Waals surface area (Å²) in [7, 11) is 1.54. The number of amides is 2. The van der Waals surface area contributed by atoms with Crippen LogP contribution in [-0.2, 0) is 14.3 Å². The van der Waals surface area contributed by atoms with Gasteiger partial charge in [-0.1, -0.05) is 12.1 Å². The molecule has 1 aromatic carbocycles. The number of hydrogen-bond acceptors (Lipinski definition) is 7. The van der Waals surface area contributed by atoms with Crippen LogP contribution in [0.2, 0.25) is 0 Å². The first-order valence-electron chi connectivity index (χ1n) is 8.81. The lowest BCUT2D eigenvalue weighted by atomic mass is 9.95. The molecule has 0 spiro atoms. The van der Waals surface area contributed by atoms with Gasteiger partial charge >= 0.3 is 18.0 Å². The normalized spacial score (nSPS) is 15.9. The van der Waals surface area contributed by atoms with Crippen molar-refractivity contribution >= 4 is 18.0 Å². The Balaban J connectivity index is 1.92. The molecule has 1 aromatic heterocycles. The Kier molecular flexibility index (Phi) is 6.12. The topological polar surface area (TPSA) is 132 Å². The van der Waals surface area contributed by atoms with Gasteiger partial charge in [0.15, 0.2) is 0 Å². The fourth-order valence-corrected chi connectivity index (χ4v) is 2.81. The molecule has 10 heteroatoms. The maximum atomic E-state index is 12.6. The third-order valence-electron chi connectivity index (χ3n) is 4.17. The molecule has 2 heterocycles. The minimum atomic E-state index is -0.783. The molecule has 29 heavy (non-hydrogen) atoms.